The number of hydrogen-bond donors (Lipinski definition) is 1. The highest BCUT2D eigenvalue weighted by molar-refractivity contribution is 6.30. The minimum Gasteiger partial charge on any atom is -0.383 e. The normalized spacial score (nSPS) is 47.7. The van der Waals surface area contributed by atoms with Gasteiger partial charge < -0.3 is 5.11 Å². The van der Waals surface area contributed by atoms with Gasteiger partial charge in [-0.1, -0.05) is 37.1 Å². The molecule has 1 N–H and O–H groups in total. The molecule has 0 aromatic carbocycles. The van der Waals surface area contributed by atoms with Crippen molar-refractivity contribution < 1.29 is 9.90 Å². The lowest BCUT2D eigenvalue weighted by Crippen LogP contribution is -2.60. The Morgan fingerprint density at radius 3 is 2.77 bits per heavy atom. The van der Waals surface area contributed by atoms with Gasteiger partial charge in [0.25, 0.3) is 0 Å². The highest BCUT2D eigenvalue weighted by atomic mass is 35.5. The van der Waals surface area contributed by atoms with E-state index in [0.29, 0.717) is 29.2 Å². The van der Waals surface area contributed by atoms with Gasteiger partial charge in [0, 0.05) is 16.9 Å². The Kier molecular flexibility index (Phi) is 4.18. The fourth-order valence-electron chi connectivity index (χ4n) is 6.90. The highest BCUT2D eigenvalue weighted by Gasteiger charge is 2.62. The van der Waals surface area contributed by atoms with Crippen LogP contribution in [0.25, 0.3) is 0 Å². The minimum atomic E-state index is -1.23. The zero-order valence-electron chi connectivity index (χ0n) is 15.7. The summed E-state index contributed by atoms with van der Waals surface area (Å²) in [5.74, 6) is 1.71. The number of carbonyl (C=O) groups excluding carboxylic acids is 1. The summed E-state index contributed by atoms with van der Waals surface area (Å²) in [6.45, 7) is 4.51. The van der Waals surface area contributed by atoms with Crippen LogP contribution in [0.5, 0.6) is 0 Å². The predicted molar refractivity (Wildman–Crippen MR) is 101 cm³/mol. The number of nitriles is 1. The third-order valence-corrected chi connectivity index (χ3v) is 9.04. The molecule has 1 unspecified atom stereocenters. The molecule has 0 aliphatic heterocycles. The second-order valence-corrected chi connectivity index (χ2v) is 9.82. The maximum atomic E-state index is 11.9. The molecule has 0 spiro atoms. The van der Waals surface area contributed by atoms with Gasteiger partial charge in [0.2, 0.25) is 0 Å². The van der Waals surface area contributed by atoms with Crippen molar-refractivity contribution in [1.29, 1.82) is 5.26 Å². The van der Waals surface area contributed by atoms with E-state index in [1.165, 1.54) is 5.57 Å². The molecule has 0 aromatic heterocycles. The van der Waals surface area contributed by atoms with Gasteiger partial charge in [-0.25, -0.2) is 0 Å². The Hall–Kier alpha value is -1.11. The summed E-state index contributed by atoms with van der Waals surface area (Å²) >= 11 is 6.45. The maximum absolute atomic E-state index is 11.9. The van der Waals surface area contributed by atoms with E-state index >= 15 is 0 Å². The van der Waals surface area contributed by atoms with Crippen LogP contribution < -0.4 is 0 Å². The Labute approximate surface area is 161 Å². The van der Waals surface area contributed by atoms with Crippen LogP contribution in [-0.2, 0) is 4.79 Å². The summed E-state index contributed by atoms with van der Waals surface area (Å²) in [5.41, 5.74) is -0.0966. The van der Waals surface area contributed by atoms with Gasteiger partial charge in [0.15, 0.2) is 5.78 Å². The number of nitrogens with zero attached hydrogens (tertiary/aromatic N) is 1. The molecule has 0 amide bonds. The second kappa shape index (κ2) is 5.94. The summed E-state index contributed by atoms with van der Waals surface area (Å²) in [6, 6.07) is 2.17. The first kappa shape index (κ1) is 18.3. The van der Waals surface area contributed by atoms with Crippen LogP contribution in [0.15, 0.2) is 22.8 Å². The lowest BCUT2D eigenvalue weighted by atomic mass is 9.43. The molecule has 4 rings (SSSR count). The molecule has 26 heavy (non-hydrogen) atoms. The molecule has 6 atom stereocenters. The standard InChI is InChI=1S/C22H28ClNO2/c1-20-9-7-15(25)13-14(20)3-4-16-17(20)8-10-21(2)18(16)5-6-19(23)22(21,26)11-12-24/h6,13,16-18,26H,3-5,7-11H2,1-2H3/t16-,17+,18+,20+,21+,22?/m1/s1. The van der Waals surface area contributed by atoms with Crippen molar-refractivity contribution in [2.45, 2.75) is 70.8 Å². The van der Waals surface area contributed by atoms with Crippen molar-refractivity contribution >= 4 is 17.4 Å². The summed E-state index contributed by atoms with van der Waals surface area (Å²) in [6.07, 6.45) is 10.5. The zero-order chi connectivity index (χ0) is 18.7. The lowest BCUT2D eigenvalue weighted by molar-refractivity contribution is -0.149. The Morgan fingerprint density at radius 2 is 2.04 bits per heavy atom. The lowest BCUT2D eigenvalue weighted by Gasteiger charge is -2.63. The van der Waals surface area contributed by atoms with Crippen LogP contribution in [-0.4, -0.2) is 16.5 Å². The fourth-order valence-corrected chi connectivity index (χ4v) is 7.27. The third kappa shape index (κ3) is 2.25. The highest BCUT2D eigenvalue weighted by Crippen LogP contribution is 2.66. The van der Waals surface area contributed by atoms with Crippen molar-refractivity contribution in [1.82, 2.24) is 0 Å². The number of halogens is 1. The molecule has 0 radical (unpaired) electrons. The number of fused-ring (bicyclic) bond motifs is 5. The largest absolute Gasteiger partial charge is 0.383 e. The van der Waals surface area contributed by atoms with Gasteiger partial charge in [-0.3, -0.25) is 4.79 Å². The Balaban J connectivity index is 1.73. The minimum absolute atomic E-state index is 0.0592. The molecule has 2 fully saturated rings. The molecule has 4 aliphatic rings. The molecule has 140 valence electrons. The third-order valence-electron chi connectivity index (χ3n) is 8.58. The second-order valence-electron chi connectivity index (χ2n) is 9.41. The molecule has 3 nitrogen and oxygen atoms in total. The predicted octanol–water partition coefficient (Wildman–Crippen LogP) is 4.90. The molecule has 0 heterocycles. The van der Waals surface area contributed by atoms with Crippen LogP contribution in [0.2, 0.25) is 0 Å². The molecule has 0 bridgehead atoms. The first-order chi connectivity index (χ1) is 12.3. The molecule has 4 aliphatic carbocycles. The molecule has 0 saturated heterocycles. The van der Waals surface area contributed by atoms with Gasteiger partial charge in [-0.2, -0.15) is 5.26 Å². The van der Waals surface area contributed by atoms with Crippen molar-refractivity contribution in [2.24, 2.45) is 28.6 Å². The average Bonchev–Trinajstić information content (AvgIpc) is 2.60. The number of allylic oxidation sites excluding steroid dienone is 3. The summed E-state index contributed by atoms with van der Waals surface area (Å²) in [5, 5.41) is 21.2. The molecular weight excluding hydrogens is 346 g/mol. The van der Waals surface area contributed by atoms with Crippen molar-refractivity contribution in [3.8, 4) is 6.07 Å². The maximum Gasteiger partial charge on any atom is 0.155 e. The van der Waals surface area contributed by atoms with E-state index in [-0.39, 0.29) is 23.0 Å². The van der Waals surface area contributed by atoms with Gasteiger partial charge in [-0.15, -0.1) is 0 Å². The van der Waals surface area contributed by atoms with Gasteiger partial charge >= 0.3 is 0 Å². The van der Waals surface area contributed by atoms with Crippen molar-refractivity contribution in [2.75, 3.05) is 0 Å². The smallest absolute Gasteiger partial charge is 0.155 e. The summed E-state index contributed by atoms with van der Waals surface area (Å²) in [4.78, 5) is 11.9. The van der Waals surface area contributed by atoms with Crippen LogP contribution >= 0.6 is 11.6 Å². The van der Waals surface area contributed by atoms with Crippen LogP contribution in [0.3, 0.4) is 0 Å². The van der Waals surface area contributed by atoms with Crippen LogP contribution in [0, 0.1) is 39.9 Å². The number of rotatable bonds is 1. The van der Waals surface area contributed by atoms with Crippen LogP contribution in [0.4, 0.5) is 0 Å². The van der Waals surface area contributed by atoms with E-state index in [9.17, 15) is 15.2 Å². The summed E-state index contributed by atoms with van der Waals surface area (Å²) in [7, 11) is 0. The van der Waals surface area contributed by atoms with E-state index in [4.69, 9.17) is 11.6 Å². The summed E-state index contributed by atoms with van der Waals surface area (Å²) < 4.78 is 0. The number of carbonyl (C=O) groups is 1. The first-order valence-corrected chi connectivity index (χ1v) is 10.3. The molecular formula is C22H28ClNO2. The Morgan fingerprint density at radius 1 is 1.27 bits per heavy atom. The van der Waals surface area contributed by atoms with E-state index in [2.05, 4.69) is 19.9 Å². The van der Waals surface area contributed by atoms with Gasteiger partial charge in [0.1, 0.15) is 5.60 Å². The van der Waals surface area contributed by atoms with E-state index in [1.807, 2.05) is 12.2 Å². The molecule has 0 aromatic rings. The first-order valence-electron chi connectivity index (χ1n) is 9.95. The van der Waals surface area contributed by atoms with Crippen LogP contribution in [0.1, 0.15) is 65.2 Å². The zero-order valence-corrected chi connectivity index (χ0v) is 16.5. The van der Waals surface area contributed by atoms with E-state index in [1.54, 1.807) is 0 Å². The quantitative estimate of drug-likeness (QED) is 0.711. The van der Waals surface area contributed by atoms with E-state index < -0.39 is 5.60 Å². The van der Waals surface area contributed by atoms with Crippen molar-refractivity contribution in [3.63, 3.8) is 0 Å². The number of ketones is 1. The van der Waals surface area contributed by atoms with E-state index in [0.717, 1.165) is 38.5 Å². The molecule has 2 saturated carbocycles. The SMILES string of the molecule is C[C@]12CCC(=O)C=C1CC[C@@H]1[C@@H]2CC[C@@]2(C)[C@H]1CC=C(Cl)C2(O)CC#N. The van der Waals surface area contributed by atoms with Gasteiger partial charge in [0.05, 0.1) is 12.5 Å². The number of aliphatic hydroxyl groups is 1. The fraction of sp³-hybridized carbons (Fsp3) is 0.727. The van der Waals surface area contributed by atoms with Gasteiger partial charge in [-0.05, 0) is 67.8 Å². The molecule has 4 heteroatoms. The number of hydrogen-bond acceptors (Lipinski definition) is 3. The average molecular weight is 374 g/mol. The Bertz CT molecular complexity index is 750. The van der Waals surface area contributed by atoms with Crippen molar-refractivity contribution in [3.05, 3.63) is 22.8 Å². The topological polar surface area (TPSA) is 61.1 Å². The monoisotopic (exact) mass is 373 g/mol.